The summed E-state index contributed by atoms with van der Waals surface area (Å²) in [6.07, 6.45) is -5.95. The summed E-state index contributed by atoms with van der Waals surface area (Å²) in [6.45, 7) is 4.07. The number of alkyl halides is 3. The van der Waals surface area contributed by atoms with Gasteiger partial charge in [-0.2, -0.15) is 13.2 Å². The topological polar surface area (TPSA) is 105 Å². The van der Waals surface area contributed by atoms with Crippen LogP contribution in [0.2, 0.25) is 0 Å². The van der Waals surface area contributed by atoms with Gasteiger partial charge in [0.1, 0.15) is 17.0 Å². The summed E-state index contributed by atoms with van der Waals surface area (Å²) in [5.41, 5.74) is -1.26. The van der Waals surface area contributed by atoms with Crippen LogP contribution in [-0.2, 0) is 9.53 Å². The molecule has 0 unspecified atom stereocenters. The molecule has 40 heavy (non-hydrogen) atoms. The fourth-order valence-corrected chi connectivity index (χ4v) is 4.77. The van der Waals surface area contributed by atoms with Gasteiger partial charge in [0, 0.05) is 39.3 Å². The molecule has 0 spiro atoms. The molecular formula is C25H27BrF4N4O6. The minimum atomic E-state index is -5.14. The van der Waals surface area contributed by atoms with Gasteiger partial charge in [0.05, 0.1) is 15.4 Å². The van der Waals surface area contributed by atoms with Crippen LogP contribution in [0.4, 0.5) is 33.7 Å². The molecule has 0 N–H and O–H groups in total. The maximum Gasteiger partial charge on any atom is 0.471 e. The summed E-state index contributed by atoms with van der Waals surface area (Å²) in [4.78, 5) is 39.2. The van der Waals surface area contributed by atoms with Crippen molar-refractivity contribution in [3.8, 4) is 11.5 Å². The number of nitro benzene ring substituents is 1. The quantitative estimate of drug-likeness (QED) is 0.227. The van der Waals surface area contributed by atoms with E-state index in [1.807, 2.05) is 0 Å². The number of halogens is 5. The number of nitrogens with zero attached hydrogens (tertiary/aromatic N) is 4. The Balaban J connectivity index is 2.00. The number of anilines is 1. The van der Waals surface area contributed by atoms with E-state index >= 15 is 0 Å². The molecule has 218 valence electrons. The van der Waals surface area contributed by atoms with Crippen molar-refractivity contribution in [1.29, 1.82) is 0 Å². The first-order valence-corrected chi connectivity index (χ1v) is 12.7. The Kier molecular flexibility index (Phi) is 9.17. The summed E-state index contributed by atoms with van der Waals surface area (Å²) >= 11 is 3.31. The first-order valence-electron chi connectivity index (χ1n) is 12.0. The van der Waals surface area contributed by atoms with Crippen LogP contribution in [-0.4, -0.2) is 77.8 Å². The monoisotopic (exact) mass is 634 g/mol. The number of nitro groups is 1. The standard InChI is InChI=1S/C25H27BrF4N4O6/c1-24(2,3)40-23(36)33-12-11-32(14-15(33)13-31(4)22(35)25(28,29)30)21-17(34(37)38)9-10-19(20(21)26)39-18-8-6-5-7-16(18)27/h5-10,15H,11-14H2,1-4H3/t15-/m0/s1. The Morgan fingerprint density at radius 1 is 1.12 bits per heavy atom. The number of benzene rings is 2. The highest BCUT2D eigenvalue weighted by molar-refractivity contribution is 9.10. The van der Waals surface area contributed by atoms with Gasteiger partial charge in [-0.05, 0) is 54.9 Å². The van der Waals surface area contributed by atoms with Gasteiger partial charge in [0.15, 0.2) is 11.6 Å². The Morgan fingerprint density at radius 3 is 2.35 bits per heavy atom. The number of para-hydroxylation sites is 1. The molecule has 3 rings (SSSR count). The van der Waals surface area contributed by atoms with Gasteiger partial charge in [0.2, 0.25) is 0 Å². The SMILES string of the molecule is CN(C[C@H]1CN(c2c([N+](=O)[O-])ccc(Oc3ccccc3F)c2Br)CCN1C(=O)OC(C)(C)C)C(=O)C(F)(F)F. The molecule has 0 bridgehead atoms. The lowest BCUT2D eigenvalue weighted by Gasteiger charge is -2.43. The third-order valence-electron chi connectivity index (χ3n) is 5.81. The van der Waals surface area contributed by atoms with E-state index in [1.165, 1.54) is 40.1 Å². The average Bonchev–Trinajstić information content (AvgIpc) is 2.84. The molecule has 2 aromatic carbocycles. The lowest BCUT2D eigenvalue weighted by Crippen LogP contribution is -2.60. The minimum absolute atomic E-state index is 0.0116. The van der Waals surface area contributed by atoms with Crippen molar-refractivity contribution in [3.63, 3.8) is 0 Å². The maximum absolute atomic E-state index is 14.2. The second-order valence-electron chi connectivity index (χ2n) is 9.99. The van der Waals surface area contributed by atoms with Crippen LogP contribution >= 0.6 is 15.9 Å². The molecule has 0 aromatic heterocycles. The summed E-state index contributed by atoms with van der Waals surface area (Å²) < 4.78 is 64.6. The number of amides is 2. The highest BCUT2D eigenvalue weighted by atomic mass is 79.9. The molecule has 1 atom stereocenters. The van der Waals surface area contributed by atoms with Gasteiger partial charge in [-0.15, -0.1) is 0 Å². The van der Waals surface area contributed by atoms with Crippen molar-refractivity contribution in [1.82, 2.24) is 9.80 Å². The van der Waals surface area contributed by atoms with Crippen LogP contribution < -0.4 is 9.64 Å². The van der Waals surface area contributed by atoms with E-state index in [-0.39, 0.29) is 47.0 Å². The Morgan fingerprint density at radius 2 is 1.77 bits per heavy atom. The normalized spacial score (nSPS) is 16.0. The number of hydrogen-bond acceptors (Lipinski definition) is 7. The van der Waals surface area contributed by atoms with Gasteiger partial charge >= 0.3 is 18.2 Å². The molecule has 0 aliphatic carbocycles. The molecule has 1 fully saturated rings. The van der Waals surface area contributed by atoms with E-state index in [9.17, 15) is 37.3 Å². The van der Waals surface area contributed by atoms with E-state index in [2.05, 4.69) is 15.9 Å². The second-order valence-corrected chi connectivity index (χ2v) is 10.8. The molecule has 15 heteroatoms. The van der Waals surface area contributed by atoms with Crippen LogP contribution in [0.5, 0.6) is 11.5 Å². The predicted molar refractivity (Wildman–Crippen MR) is 140 cm³/mol. The van der Waals surface area contributed by atoms with Crippen molar-refractivity contribution in [2.75, 3.05) is 38.1 Å². The first kappa shape index (κ1) is 30.9. The van der Waals surface area contributed by atoms with Crippen LogP contribution in [0.1, 0.15) is 20.8 Å². The summed E-state index contributed by atoms with van der Waals surface area (Å²) in [6, 6.07) is 6.94. The van der Waals surface area contributed by atoms with Crippen molar-refractivity contribution < 1.29 is 41.5 Å². The summed E-state index contributed by atoms with van der Waals surface area (Å²) in [5, 5.41) is 11.9. The zero-order valence-electron chi connectivity index (χ0n) is 22.0. The molecule has 1 saturated heterocycles. The number of likely N-dealkylation sites (N-methyl/N-ethyl adjacent to an activating group) is 1. The third-order valence-corrected chi connectivity index (χ3v) is 6.58. The van der Waals surface area contributed by atoms with E-state index in [4.69, 9.17) is 9.47 Å². The average molecular weight is 635 g/mol. The van der Waals surface area contributed by atoms with Crippen LogP contribution in [0, 0.1) is 15.9 Å². The largest absolute Gasteiger partial charge is 0.471 e. The van der Waals surface area contributed by atoms with Gasteiger partial charge in [0.25, 0.3) is 5.69 Å². The zero-order chi connectivity index (χ0) is 30.0. The third kappa shape index (κ3) is 7.31. The number of carbonyl (C=O) groups is 2. The molecule has 10 nitrogen and oxygen atoms in total. The van der Waals surface area contributed by atoms with E-state index in [0.717, 1.165) is 13.1 Å². The fraction of sp³-hybridized carbons (Fsp3) is 0.440. The van der Waals surface area contributed by atoms with E-state index < -0.39 is 47.1 Å². The van der Waals surface area contributed by atoms with Crippen molar-refractivity contribution in [3.05, 3.63) is 56.8 Å². The number of ether oxygens (including phenoxy) is 2. The molecule has 2 aromatic rings. The second kappa shape index (κ2) is 11.9. The van der Waals surface area contributed by atoms with Crippen LogP contribution in [0.25, 0.3) is 0 Å². The van der Waals surface area contributed by atoms with Gasteiger partial charge in [-0.1, -0.05) is 12.1 Å². The van der Waals surface area contributed by atoms with Gasteiger partial charge in [-0.25, -0.2) is 9.18 Å². The number of hydrogen-bond donors (Lipinski definition) is 0. The maximum atomic E-state index is 14.2. The highest BCUT2D eigenvalue weighted by Crippen LogP contribution is 2.44. The Labute approximate surface area is 235 Å². The summed E-state index contributed by atoms with van der Waals surface area (Å²) in [7, 11) is 0.948. The molecule has 1 heterocycles. The molecule has 1 aliphatic rings. The fourth-order valence-electron chi connectivity index (χ4n) is 4.10. The van der Waals surface area contributed by atoms with Gasteiger partial charge in [-0.3, -0.25) is 19.8 Å². The van der Waals surface area contributed by atoms with E-state index in [1.54, 1.807) is 20.8 Å². The molecule has 0 radical (unpaired) electrons. The first-order chi connectivity index (χ1) is 18.5. The Bertz CT molecular complexity index is 1290. The summed E-state index contributed by atoms with van der Waals surface area (Å²) in [5.74, 6) is -2.87. The number of rotatable bonds is 6. The van der Waals surface area contributed by atoms with Crippen LogP contribution in [0.3, 0.4) is 0 Å². The smallest absolute Gasteiger partial charge is 0.453 e. The predicted octanol–water partition coefficient (Wildman–Crippen LogP) is 5.74. The van der Waals surface area contributed by atoms with Crippen molar-refractivity contribution >= 4 is 39.3 Å². The number of carbonyl (C=O) groups excluding carboxylic acids is 2. The molecular weight excluding hydrogens is 608 g/mol. The lowest BCUT2D eigenvalue weighted by molar-refractivity contribution is -0.384. The minimum Gasteiger partial charge on any atom is -0.453 e. The van der Waals surface area contributed by atoms with Crippen molar-refractivity contribution in [2.45, 2.75) is 38.6 Å². The van der Waals surface area contributed by atoms with E-state index in [0.29, 0.717) is 4.90 Å². The van der Waals surface area contributed by atoms with Crippen molar-refractivity contribution in [2.24, 2.45) is 0 Å². The van der Waals surface area contributed by atoms with Crippen LogP contribution in [0.15, 0.2) is 40.9 Å². The lowest BCUT2D eigenvalue weighted by atomic mass is 10.1. The molecule has 2 amide bonds. The van der Waals surface area contributed by atoms with Gasteiger partial charge < -0.3 is 19.3 Å². The molecule has 0 saturated carbocycles. The molecule has 1 aliphatic heterocycles. The Hall–Kier alpha value is -3.62. The highest BCUT2D eigenvalue weighted by Gasteiger charge is 2.44. The zero-order valence-corrected chi connectivity index (χ0v) is 23.6. The number of piperazine rings is 1.